The number of nitrogens with one attached hydrogen (secondary N) is 1. The van der Waals surface area contributed by atoms with Crippen LogP contribution in [0.5, 0.6) is 0 Å². The maximum Gasteiger partial charge on any atom is 0.0250 e. The molecule has 0 aliphatic heterocycles. The lowest BCUT2D eigenvalue weighted by molar-refractivity contribution is 0.167. The second kappa shape index (κ2) is 3.83. The second-order valence-electron chi connectivity index (χ2n) is 5.59. The smallest absolute Gasteiger partial charge is 0.0250 e. The summed E-state index contributed by atoms with van der Waals surface area (Å²) in [7, 11) is 0. The fourth-order valence-electron chi connectivity index (χ4n) is 0.881. The molecule has 78 valence electrons. The molecule has 0 aromatic carbocycles. The van der Waals surface area contributed by atoms with Gasteiger partial charge in [0.05, 0.1) is 0 Å². The van der Waals surface area contributed by atoms with Crippen molar-refractivity contribution in [3.63, 3.8) is 0 Å². The molecule has 0 aliphatic carbocycles. The lowest BCUT2D eigenvalue weighted by Crippen LogP contribution is -2.53. The van der Waals surface area contributed by atoms with E-state index in [1.54, 1.807) is 0 Å². The second-order valence-corrected chi connectivity index (χ2v) is 5.59. The minimum Gasteiger partial charge on any atom is -0.305 e. The normalized spacial score (nSPS) is 15.6. The molecule has 0 bridgehead atoms. The third kappa shape index (κ3) is 3.51. The molecule has 1 unspecified atom stereocenters. The van der Waals surface area contributed by atoms with Gasteiger partial charge in [-0.3, -0.25) is 0 Å². The van der Waals surface area contributed by atoms with Crippen LogP contribution in [0.2, 0.25) is 0 Å². The largest absolute Gasteiger partial charge is 0.305 e. The standard InChI is InChI=1S/C12H25N/c1-9(2)10(3)13-12(7,8)11(4,5)6/h10,13H,1H2,2-8H3. The van der Waals surface area contributed by atoms with Gasteiger partial charge in [0, 0.05) is 11.6 Å². The molecule has 1 N–H and O–H groups in total. The van der Waals surface area contributed by atoms with Crippen LogP contribution in [-0.2, 0) is 0 Å². The van der Waals surface area contributed by atoms with Gasteiger partial charge in [0.1, 0.15) is 0 Å². The average molecular weight is 183 g/mol. The first-order valence-corrected chi connectivity index (χ1v) is 5.01. The van der Waals surface area contributed by atoms with Gasteiger partial charge < -0.3 is 5.32 Å². The molecule has 1 heteroatoms. The summed E-state index contributed by atoms with van der Waals surface area (Å²) in [5, 5.41) is 3.60. The Morgan fingerprint density at radius 1 is 1.15 bits per heavy atom. The molecule has 0 spiro atoms. The van der Waals surface area contributed by atoms with Crippen molar-refractivity contribution in [2.24, 2.45) is 5.41 Å². The van der Waals surface area contributed by atoms with Gasteiger partial charge in [0.15, 0.2) is 0 Å². The molecular weight excluding hydrogens is 158 g/mol. The predicted molar refractivity (Wildman–Crippen MR) is 60.9 cm³/mol. The first-order valence-electron chi connectivity index (χ1n) is 5.01. The fourth-order valence-corrected chi connectivity index (χ4v) is 0.881. The highest BCUT2D eigenvalue weighted by molar-refractivity contribution is 5.03. The molecule has 0 amide bonds. The summed E-state index contributed by atoms with van der Waals surface area (Å²) in [6.45, 7) is 19.4. The summed E-state index contributed by atoms with van der Waals surface area (Å²) in [6.07, 6.45) is 0. The van der Waals surface area contributed by atoms with Crippen molar-refractivity contribution >= 4 is 0 Å². The molecule has 0 aromatic rings. The van der Waals surface area contributed by atoms with E-state index >= 15 is 0 Å². The van der Waals surface area contributed by atoms with E-state index in [1.807, 2.05) is 0 Å². The highest BCUT2D eigenvalue weighted by Gasteiger charge is 2.33. The maximum absolute atomic E-state index is 3.96. The van der Waals surface area contributed by atoms with Crippen molar-refractivity contribution in [3.05, 3.63) is 12.2 Å². The van der Waals surface area contributed by atoms with E-state index in [2.05, 4.69) is 60.4 Å². The van der Waals surface area contributed by atoms with E-state index < -0.39 is 0 Å². The Morgan fingerprint density at radius 2 is 1.54 bits per heavy atom. The highest BCUT2D eigenvalue weighted by atomic mass is 15.0. The van der Waals surface area contributed by atoms with E-state index in [0.717, 1.165) is 0 Å². The zero-order chi connectivity index (χ0) is 10.9. The summed E-state index contributed by atoms with van der Waals surface area (Å²) in [6, 6.07) is 0.384. The van der Waals surface area contributed by atoms with E-state index in [-0.39, 0.29) is 11.0 Å². The fraction of sp³-hybridized carbons (Fsp3) is 0.833. The van der Waals surface area contributed by atoms with Crippen LogP contribution in [0.1, 0.15) is 48.5 Å². The van der Waals surface area contributed by atoms with Crippen molar-refractivity contribution in [3.8, 4) is 0 Å². The summed E-state index contributed by atoms with van der Waals surface area (Å²) in [4.78, 5) is 0. The third-order valence-electron chi connectivity index (χ3n) is 3.19. The van der Waals surface area contributed by atoms with Crippen molar-refractivity contribution < 1.29 is 0 Å². The van der Waals surface area contributed by atoms with Crippen LogP contribution < -0.4 is 5.32 Å². The molecule has 0 saturated carbocycles. The van der Waals surface area contributed by atoms with E-state index in [9.17, 15) is 0 Å². The zero-order valence-electron chi connectivity index (χ0n) is 10.3. The van der Waals surface area contributed by atoms with Crippen molar-refractivity contribution in [1.29, 1.82) is 0 Å². The van der Waals surface area contributed by atoms with Gasteiger partial charge >= 0.3 is 0 Å². The minimum absolute atomic E-state index is 0.130. The van der Waals surface area contributed by atoms with Crippen LogP contribution in [-0.4, -0.2) is 11.6 Å². The summed E-state index contributed by atoms with van der Waals surface area (Å²) in [5.41, 5.74) is 1.58. The van der Waals surface area contributed by atoms with Crippen LogP contribution >= 0.6 is 0 Å². The van der Waals surface area contributed by atoms with Crippen molar-refractivity contribution in [2.75, 3.05) is 0 Å². The van der Waals surface area contributed by atoms with E-state index in [0.29, 0.717) is 6.04 Å². The maximum atomic E-state index is 3.96. The van der Waals surface area contributed by atoms with Crippen LogP contribution in [0.3, 0.4) is 0 Å². The quantitative estimate of drug-likeness (QED) is 0.662. The molecule has 1 nitrogen and oxygen atoms in total. The minimum atomic E-state index is 0.130. The molecule has 1 atom stereocenters. The Morgan fingerprint density at radius 3 is 1.77 bits per heavy atom. The number of hydrogen-bond donors (Lipinski definition) is 1. The van der Waals surface area contributed by atoms with Gasteiger partial charge in [-0.2, -0.15) is 0 Å². The molecular formula is C12H25N. The lowest BCUT2D eigenvalue weighted by atomic mass is 9.76. The van der Waals surface area contributed by atoms with E-state index in [1.165, 1.54) is 5.57 Å². The molecule has 0 aromatic heterocycles. The molecule has 13 heavy (non-hydrogen) atoms. The van der Waals surface area contributed by atoms with Crippen LogP contribution in [0.15, 0.2) is 12.2 Å². The Labute approximate surface area is 83.6 Å². The van der Waals surface area contributed by atoms with Gasteiger partial charge in [-0.1, -0.05) is 32.9 Å². The first kappa shape index (κ1) is 12.7. The zero-order valence-corrected chi connectivity index (χ0v) is 10.3. The van der Waals surface area contributed by atoms with Gasteiger partial charge in [-0.05, 0) is 33.1 Å². The van der Waals surface area contributed by atoms with Gasteiger partial charge in [-0.25, -0.2) is 0 Å². The topological polar surface area (TPSA) is 12.0 Å². The van der Waals surface area contributed by atoms with Crippen molar-refractivity contribution in [1.82, 2.24) is 5.32 Å². The van der Waals surface area contributed by atoms with Gasteiger partial charge in [0.2, 0.25) is 0 Å². The Kier molecular flexibility index (Phi) is 3.74. The van der Waals surface area contributed by atoms with Crippen LogP contribution in [0.25, 0.3) is 0 Å². The number of hydrogen-bond acceptors (Lipinski definition) is 1. The lowest BCUT2D eigenvalue weighted by Gasteiger charge is -2.42. The Bertz CT molecular complexity index is 184. The molecule has 0 radical (unpaired) electrons. The van der Waals surface area contributed by atoms with Crippen molar-refractivity contribution in [2.45, 2.75) is 60.0 Å². The predicted octanol–water partition coefficient (Wildman–Crippen LogP) is 3.37. The Balaban J connectivity index is 4.43. The molecule has 0 heterocycles. The van der Waals surface area contributed by atoms with E-state index in [4.69, 9.17) is 0 Å². The van der Waals surface area contributed by atoms with Crippen LogP contribution in [0, 0.1) is 5.41 Å². The summed E-state index contributed by atoms with van der Waals surface area (Å²) in [5.74, 6) is 0. The monoisotopic (exact) mass is 183 g/mol. The highest BCUT2D eigenvalue weighted by Crippen LogP contribution is 2.30. The molecule has 0 saturated heterocycles. The molecule has 0 aliphatic rings. The number of rotatable bonds is 3. The Hall–Kier alpha value is -0.300. The average Bonchev–Trinajstić information content (AvgIpc) is 1.83. The first-order chi connectivity index (χ1) is 5.58. The molecule has 0 rings (SSSR count). The summed E-state index contributed by atoms with van der Waals surface area (Å²) < 4.78 is 0. The summed E-state index contributed by atoms with van der Waals surface area (Å²) >= 11 is 0. The SMILES string of the molecule is C=C(C)C(C)NC(C)(C)C(C)(C)C. The molecule has 0 fully saturated rings. The van der Waals surface area contributed by atoms with Gasteiger partial charge in [0.25, 0.3) is 0 Å². The van der Waals surface area contributed by atoms with Gasteiger partial charge in [-0.15, -0.1) is 0 Å². The third-order valence-corrected chi connectivity index (χ3v) is 3.19. The van der Waals surface area contributed by atoms with Crippen LogP contribution in [0.4, 0.5) is 0 Å².